The summed E-state index contributed by atoms with van der Waals surface area (Å²) in [5.41, 5.74) is 0.891. The third-order valence-electron chi connectivity index (χ3n) is 3.46. The molecule has 0 aromatic heterocycles. The predicted octanol–water partition coefficient (Wildman–Crippen LogP) is 4.85. The van der Waals surface area contributed by atoms with Crippen LogP contribution in [0.3, 0.4) is 0 Å². The normalized spacial score (nSPS) is 12.6. The van der Waals surface area contributed by atoms with E-state index < -0.39 is 17.7 Å². The van der Waals surface area contributed by atoms with Crippen LogP contribution in [0.2, 0.25) is 5.02 Å². The Morgan fingerprint density at radius 1 is 0.857 bits per heavy atom. The van der Waals surface area contributed by atoms with Gasteiger partial charge in [-0.25, -0.2) is 8.78 Å². The van der Waals surface area contributed by atoms with Crippen molar-refractivity contribution in [1.82, 2.24) is 0 Å². The highest BCUT2D eigenvalue weighted by Crippen LogP contribution is 2.33. The van der Waals surface area contributed by atoms with Crippen molar-refractivity contribution in [2.24, 2.45) is 0 Å². The zero-order chi connectivity index (χ0) is 15.0. The number of rotatable bonds is 2. The first kappa shape index (κ1) is 14.0. The summed E-state index contributed by atoms with van der Waals surface area (Å²) >= 11 is 6.13. The Bertz CT molecular complexity index is 817. The second kappa shape index (κ2) is 5.43. The molecule has 0 aliphatic rings. The standard InChI is InChI=1S/C17H11ClF2O/c18-14-7-6-13(11-3-1-2-4-12(11)14)17(21)10-5-8-15(19)16(20)9-10/h1-9,17,21H. The zero-order valence-corrected chi connectivity index (χ0v) is 11.6. The Hall–Kier alpha value is -1.97. The van der Waals surface area contributed by atoms with E-state index in [-0.39, 0.29) is 0 Å². The summed E-state index contributed by atoms with van der Waals surface area (Å²) in [6.45, 7) is 0. The molecule has 1 unspecified atom stereocenters. The van der Waals surface area contributed by atoms with Crippen molar-refractivity contribution in [3.05, 3.63) is 82.4 Å². The van der Waals surface area contributed by atoms with E-state index in [1.165, 1.54) is 6.07 Å². The van der Waals surface area contributed by atoms with Crippen LogP contribution >= 0.6 is 11.6 Å². The average Bonchev–Trinajstić information content (AvgIpc) is 2.50. The van der Waals surface area contributed by atoms with E-state index in [0.29, 0.717) is 16.1 Å². The maximum atomic E-state index is 13.3. The Balaban J connectivity index is 2.15. The Morgan fingerprint density at radius 2 is 1.57 bits per heavy atom. The quantitative estimate of drug-likeness (QED) is 0.717. The van der Waals surface area contributed by atoms with Gasteiger partial charge >= 0.3 is 0 Å². The third-order valence-corrected chi connectivity index (χ3v) is 3.79. The van der Waals surface area contributed by atoms with Crippen molar-refractivity contribution in [3.8, 4) is 0 Å². The molecule has 3 rings (SSSR count). The van der Waals surface area contributed by atoms with E-state index in [0.717, 1.165) is 22.9 Å². The van der Waals surface area contributed by atoms with Gasteiger partial charge in [0.2, 0.25) is 0 Å². The van der Waals surface area contributed by atoms with Gasteiger partial charge in [0.15, 0.2) is 11.6 Å². The highest BCUT2D eigenvalue weighted by atomic mass is 35.5. The van der Waals surface area contributed by atoms with Gasteiger partial charge in [-0.2, -0.15) is 0 Å². The topological polar surface area (TPSA) is 20.2 Å². The first-order chi connectivity index (χ1) is 10.1. The van der Waals surface area contributed by atoms with Gasteiger partial charge in [-0.3, -0.25) is 0 Å². The number of fused-ring (bicyclic) bond motifs is 1. The fourth-order valence-corrected chi connectivity index (χ4v) is 2.61. The minimum atomic E-state index is -1.05. The van der Waals surface area contributed by atoms with Gasteiger partial charge in [0.1, 0.15) is 6.10 Å². The molecule has 21 heavy (non-hydrogen) atoms. The van der Waals surface area contributed by atoms with E-state index in [1.807, 2.05) is 24.3 Å². The summed E-state index contributed by atoms with van der Waals surface area (Å²) in [5, 5.41) is 12.6. The first-order valence-electron chi connectivity index (χ1n) is 6.38. The second-order valence-electron chi connectivity index (χ2n) is 4.76. The lowest BCUT2D eigenvalue weighted by atomic mass is 9.96. The van der Waals surface area contributed by atoms with Crippen LogP contribution in [-0.4, -0.2) is 5.11 Å². The van der Waals surface area contributed by atoms with E-state index in [2.05, 4.69) is 0 Å². The van der Waals surface area contributed by atoms with Crippen molar-refractivity contribution < 1.29 is 13.9 Å². The molecule has 1 N–H and O–H groups in total. The van der Waals surface area contributed by atoms with Gasteiger partial charge in [0.05, 0.1) is 0 Å². The van der Waals surface area contributed by atoms with Gasteiger partial charge in [0, 0.05) is 10.4 Å². The van der Waals surface area contributed by atoms with Gasteiger partial charge in [-0.05, 0) is 34.7 Å². The van der Waals surface area contributed by atoms with Crippen molar-refractivity contribution >= 4 is 22.4 Å². The lowest BCUT2D eigenvalue weighted by Crippen LogP contribution is -2.02. The summed E-state index contributed by atoms with van der Waals surface area (Å²) < 4.78 is 26.3. The molecule has 3 aromatic carbocycles. The van der Waals surface area contributed by atoms with Crippen LogP contribution in [0.5, 0.6) is 0 Å². The van der Waals surface area contributed by atoms with Gasteiger partial charge in [-0.1, -0.05) is 48.0 Å². The molecule has 3 aromatic rings. The molecular weight excluding hydrogens is 294 g/mol. The Kier molecular flexibility index (Phi) is 3.62. The molecule has 0 radical (unpaired) electrons. The van der Waals surface area contributed by atoms with Crippen LogP contribution in [0.1, 0.15) is 17.2 Å². The molecule has 4 heteroatoms. The van der Waals surface area contributed by atoms with Crippen LogP contribution in [0.25, 0.3) is 10.8 Å². The molecule has 0 fully saturated rings. The maximum Gasteiger partial charge on any atom is 0.159 e. The second-order valence-corrected chi connectivity index (χ2v) is 5.17. The Morgan fingerprint density at radius 3 is 2.29 bits per heavy atom. The molecule has 0 aliphatic carbocycles. The molecule has 0 heterocycles. The zero-order valence-electron chi connectivity index (χ0n) is 10.9. The van der Waals surface area contributed by atoms with Gasteiger partial charge in [0.25, 0.3) is 0 Å². The number of aliphatic hydroxyl groups excluding tert-OH is 1. The summed E-state index contributed by atoms with van der Waals surface area (Å²) in [6.07, 6.45) is -1.05. The van der Waals surface area contributed by atoms with Crippen LogP contribution < -0.4 is 0 Å². The maximum absolute atomic E-state index is 13.3. The number of aliphatic hydroxyl groups is 1. The fourth-order valence-electron chi connectivity index (χ4n) is 2.39. The molecule has 0 bridgehead atoms. The molecule has 106 valence electrons. The third kappa shape index (κ3) is 2.50. The molecule has 0 aliphatic heterocycles. The van der Waals surface area contributed by atoms with Crippen LogP contribution in [0, 0.1) is 11.6 Å². The van der Waals surface area contributed by atoms with Crippen LogP contribution in [-0.2, 0) is 0 Å². The monoisotopic (exact) mass is 304 g/mol. The van der Waals surface area contributed by atoms with Crippen LogP contribution in [0.4, 0.5) is 8.78 Å². The lowest BCUT2D eigenvalue weighted by molar-refractivity contribution is 0.221. The smallest absolute Gasteiger partial charge is 0.159 e. The molecule has 0 saturated heterocycles. The van der Waals surface area contributed by atoms with E-state index in [1.54, 1.807) is 12.1 Å². The largest absolute Gasteiger partial charge is 0.384 e. The summed E-state index contributed by atoms with van der Waals surface area (Å²) in [5.74, 6) is -1.92. The highest BCUT2D eigenvalue weighted by molar-refractivity contribution is 6.35. The molecule has 0 amide bonds. The van der Waals surface area contributed by atoms with E-state index in [4.69, 9.17) is 11.6 Å². The highest BCUT2D eigenvalue weighted by Gasteiger charge is 2.16. The SMILES string of the molecule is OC(c1ccc(F)c(F)c1)c1ccc(Cl)c2ccccc12. The minimum Gasteiger partial charge on any atom is -0.384 e. The van der Waals surface area contributed by atoms with Crippen LogP contribution in [0.15, 0.2) is 54.6 Å². The number of hydrogen-bond donors (Lipinski definition) is 1. The summed E-state index contributed by atoms with van der Waals surface area (Å²) in [6, 6.07) is 14.1. The van der Waals surface area contributed by atoms with Crippen molar-refractivity contribution in [3.63, 3.8) is 0 Å². The van der Waals surface area contributed by atoms with Gasteiger partial charge in [-0.15, -0.1) is 0 Å². The minimum absolute atomic E-state index is 0.293. The van der Waals surface area contributed by atoms with Crippen molar-refractivity contribution in [2.75, 3.05) is 0 Å². The molecular formula is C17H11ClF2O. The number of benzene rings is 3. The summed E-state index contributed by atoms with van der Waals surface area (Å²) in [4.78, 5) is 0. The fraction of sp³-hybridized carbons (Fsp3) is 0.0588. The number of halogens is 3. The molecule has 1 nitrogen and oxygen atoms in total. The van der Waals surface area contributed by atoms with Crippen molar-refractivity contribution in [2.45, 2.75) is 6.10 Å². The molecule has 0 saturated carbocycles. The van der Waals surface area contributed by atoms with E-state index in [9.17, 15) is 13.9 Å². The van der Waals surface area contributed by atoms with Gasteiger partial charge < -0.3 is 5.11 Å². The number of hydrogen-bond acceptors (Lipinski definition) is 1. The molecule has 1 atom stereocenters. The van der Waals surface area contributed by atoms with Crippen molar-refractivity contribution in [1.29, 1.82) is 0 Å². The average molecular weight is 305 g/mol. The summed E-state index contributed by atoms with van der Waals surface area (Å²) in [7, 11) is 0. The predicted molar refractivity (Wildman–Crippen MR) is 79.4 cm³/mol. The van der Waals surface area contributed by atoms with E-state index >= 15 is 0 Å². The molecule has 0 spiro atoms. The Labute approximate surface area is 125 Å². The first-order valence-corrected chi connectivity index (χ1v) is 6.76. The lowest BCUT2D eigenvalue weighted by Gasteiger charge is -2.15.